The first-order chi connectivity index (χ1) is 17.1. The zero-order chi connectivity index (χ0) is 26.3. The highest BCUT2D eigenvalue weighted by atomic mass is 79.9. The molecule has 0 atom stereocenters. The summed E-state index contributed by atoms with van der Waals surface area (Å²) in [7, 11) is 0. The van der Waals surface area contributed by atoms with Gasteiger partial charge in [0.05, 0.1) is 29.7 Å². The number of anilines is 2. The van der Waals surface area contributed by atoms with E-state index in [1.165, 1.54) is 18.2 Å². The predicted octanol–water partition coefficient (Wildman–Crippen LogP) is 7.00. The third kappa shape index (κ3) is 7.22. The molecule has 0 aliphatic heterocycles. The van der Waals surface area contributed by atoms with Crippen molar-refractivity contribution in [2.24, 2.45) is 0 Å². The standard InChI is InChI=1S/C27H34BrFN4O3/c1-5-33(27(2,3)4)26(34)36-24-16-19(29)10-12-23(24)35-14-8-6-7-13-31-25-20-15-18(28)9-11-22(20)32-17-21(25)30/h9-12,15-17H,5-8,13-14,30H2,1-4H3,(H,31,32). The van der Waals surface area contributed by atoms with Gasteiger partial charge in [-0.3, -0.25) is 4.98 Å². The fourth-order valence-corrected chi connectivity index (χ4v) is 4.25. The Kier molecular flexibility index (Phi) is 9.37. The molecule has 0 unspecified atom stereocenters. The van der Waals surface area contributed by atoms with Crippen LogP contribution in [0.25, 0.3) is 10.9 Å². The lowest BCUT2D eigenvalue weighted by molar-refractivity contribution is 0.109. The number of hydrogen-bond acceptors (Lipinski definition) is 6. The molecule has 0 radical (unpaired) electrons. The third-order valence-electron chi connectivity index (χ3n) is 5.69. The van der Waals surface area contributed by atoms with Crippen LogP contribution in [0.15, 0.2) is 47.1 Å². The first-order valence-corrected chi connectivity index (χ1v) is 12.9. The number of halogens is 2. The third-order valence-corrected chi connectivity index (χ3v) is 6.18. The van der Waals surface area contributed by atoms with Gasteiger partial charge >= 0.3 is 6.09 Å². The SMILES string of the molecule is CCN(C(=O)Oc1cc(F)ccc1OCCCCCNc1c(N)cnc2ccc(Br)cc12)C(C)(C)C. The average molecular weight is 561 g/mol. The van der Waals surface area contributed by atoms with Crippen LogP contribution in [-0.4, -0.2) is 41.2 Å². The maximum atomic E-state index is 13.8. The molecular weight excluding hydrogens is 527 g/mol. The summed E-state index contributed by atoms with van der Waals surface area (Å²) in [4.78, 5) is 18.6. The van der Waals surface area contributed by atoms with Gasteiger partial charge in [0, 0.05) is 34.6 Å². The van der Waals surface area contributed by atoms with Crippen LogP contribution in [-0.2, 0) is 0 Å². The minimum Gasteiger partial charge on any atom is -0.490 e. The van der Waals surface area contributed by atoms with Crippen LogP contribution in [0.1, 0.15) is 47.0 Å². The molecule has 0 fully saturated rings. The number of nitrogen functional groups attached to an aromatic ring is 1. The summed E-state index contributed by atoms with van der Waals surface area (Å²) in [6.45, 7) is 9.25. The largest absolute Gasteiger partial charge is 0.490 e. The normalized spacial score (nSPS) is 11.4. The number of aromatic nitrogens is 1. The van der Waals surface area contributed by atoms with Crippen molar-refractivity contribution in [3.8, 4) is 11.5 Å². The predicted molar refractivity (Wildman–Crippen MR) is 146 cm³/mol. The molecule has 3 aromatic rings. The van der Waals surface area contributed by atoms with E-state index in [1.807, 2.05) is 45.9 Å². The van der Waals surface area contributed by atoms with E-state index >= 15 is 0 Å². The van der Waals surface area contributed by atoms with Crippen LogP contribution >= 0.6 is 15.9 Å². The Labute approximate surface area is 220 Å². The van der Waals surface area contributed by atoms with Crippen LogP contribution < -0.4 is 20.5 Å². The fraction of sp³-hybridized carbons (Fsp3) is 0.407. The van der Waals surface area contributed by atoms with Crippen molar-refractivity contribution in [2.75, 3.05) is 30.7 Å². The molecule has 0 aliphatic carbocycles. The van der Waals surface area contributed by atoms with Gasteiger partial charge in [-0.25, -0.2) is 9.18 Å². The summed E-state index contributed by atoms with van der Waals surface area (Å²) in [6, 6.07) is 9.86. The number of pyridine rings is 1. The van der Waals surface area contributed by atoms with Gasteiger partial charge in [-0.15, -0.1) is 0 Å². The molecule has 1 amide bonds. The number of carbonyl (C=O) groups is 1. The number of rotatable bonds is 10. The molecule has 36 heavy (non-hydrogen) atoms. The van der Waals surface area contributed by atoms with E-state index < -0.39 is 17.4 Å². The number of fused-ring (bicyclic) bond motifs is 1. The zero-order valence-electron chi connectivity index (χ0n) is 21.2. The van der Waals surface area contributed by atoms with Crippen LogP contribution in [0.5, 0.6) is 11.5 Å². The molecule has 0 saturated heterocycles. The topological polar surface area (TPSA) is 89.7 Å². The molecule has 0 aliphatic rings. The van der Waals surface area contributed by atoms with Crippen molar-refractivity contribution >= 4 is 44.3 Å². The summed E-state index contributed by atoms with van der Waals surface area (Å²) in [5, 5.41) is 4.40. The van der Waals surface area contributed by atoms with Crippen molar-refractivity contribution in [1.29, 1.82) is 0 Å². The minimum absolute atomic E-state index is 0.0792. The van der Waals surface area contributed by atoms with Gasteiger partial charge in [0.25, 0.3) is 0 Å². The highest BCUT2D eigenvalue weighted by molar-refractivity contribution is 9.10. The summed E-state index contributed by atoms with van der Waals surface area (Å²) >= 11 is 3.50. The number of nitrogens with zero attached hydrogens (tertiary/aromatic N) is 2. The van der Waals surface area contributed by atoms with E-state index in [2.05, 4.69) is 26.2 Å². The second-order valence-electron chi connectivity index (χ2n) is 9.46. The number of unbranched alkanes of at least 4 members (excludes halogenated alkanes) is 2. The lowest BCUT2D eigenvalue weighted by Crippen LogP contribution is -2.46. The highest BCUT2D eigenvalue weighted by Gasteiger charge is 2.27. The summed E-state index contributed by atoms with van der Waals surface area (Å²) in [5.41, 5.74) is 8.10. The molecule has 1 aromatic heterocycles. The Morgan fingerprint density at radius 2 is 1.92 bits per heavy atom. The van der Waals surface area contributed by atoms with Crippen LogP contribution in [0, 0.1) is 5.82 Å². The van der Waals surface area contributed by atoms with Gasteiger partial charge in [0.1, 0.15) is 5.82 Å². The molecule has 3 rings (SSSR count). The lowest BCUT2D eigenvalue weighted by atomic mass is 10.1. The summed E-state index contributed by atoms with van der Waals surface area (Å²) in [6.07, 6.45) is 3.72. The van der Waals surface area contributed by atoms with E-state index in [0.29, 0.717) is 24.6 Å². The Bertz CT molecular complexity index is 1190. The van der Waals surface area contributed by atoms with E-state index in [0.717, 1.165) is 46.9 Å². The molecule has 0 spiro atoms. The van der Waals surface area contributed by atoms with Crippen molar-refractivity contribution in [3.63, 3.8) is 0 Å². The van der Waals surface area contributed by atoms with Gasteiger partial charge in [-0.1, -0.05) is 15.9 Å². The van der Waals surface area contributed by atoms with E-state index in [-0.39, 0.29) is 5.75 Å². The van der Waals surface area contributed by atoms with Crippen LogP contribution in [0.3, 0.4) is 0 Å². The molecular formula is C27H34BrFN4O3. The minimum atomic E-state index is -0.540. The zero-order valence-corrected chi connectivity index (χ0v) is 22.8. The molecule has 3 N–H and O–H groups in total. The van der Waals surface area contributed by atoms with Gasteiger partial charge in [-0.05, 0) is 77.3 Å². The summed E-state index contributed by atoms with van der Waals surface area (Å²) < 4.78 is 26.1. The fourth-order valence-electron chi connectivity index (χ4n) is 3.88. The molecule has 1 heterocycles. The molecule has 7 nitrogen and oxygen atoms in total. The number of ether oxygens (including phenoxy) is 2. The molecule has 2 aromatic carbocycles. The maximum absolute atomic E-state index is 13.8. The van der Waals surface area contributed by atoms with Crippen molar-refractivity contribution in [2.45, 2.75) is 52.5 Å². The van der Waals surface area contributed by atoms with Crippen molar-refractivity contribution in [1.82, 2.24) is 9.88 Å². The van der Waals surface area contributed by atoms with E-state index in [4.69, 9.17) is 15.2 Å². The van der Waals surface area contributed by atoms with Crippen molar-refractivity contribution < 1.29 is 18.7 Å². The molecule has 9 heteroatoms. The first-order valence-electron chi connectivity index (χ1n) is 12.1. The number of carbonyl (C=O) groups excluding carboxylic acids is 1. The van der Waals surface area contributed by atoms with Crippen LogP contribution in [0.2, 0.25) is 0 Å². The van der Waals surface area contributed by atoms with Crippen molar-refractivity contribution in [3.05, 3.63) is 52.9 Å². The van der Waals surface area contributed by atoms with E-state index in [9.17, 15) is 9.18 Å². The van der Waals surface area contributed by atoms with Gasteiger partial charge in [0.15, 0.2) is 11.5 Å². The number of hydrogen-bond donors (Lipinski definition) is 2. The molecule has 194 valence electrons. The maximum Gasteiger partial charge on any atom is 0.415 e. The number of amides is 1. The Morgan fingerprint density at radius 1 is 1.14 bits per heavy atom. The van der Waals surface area contributed by atoms with Gasteiger partial charge in [0.2, 0.25) is 0 Å². The number of nitrogens with two attached hydrogens (primary N) is 1. The van der Waals surface area contributed by atoms with Gasteiger partial charge in [-0.2, -0.15) is 0 Å². The average Bonchev–Trinajstić information content (AvgIpc) is 2.80. The Hall–Kier alpha value is -3.07. The second kappa shape index (κ2) is 12.3. The second-order valence-corrected chi connectivity index (χ2v) is 10.4. The Morgan fingerprint density at radius 3 is 2.64 bits per heavy atom. The van der Waals surface area contributed by atoms with Crippen LogP contribution in [0.4, 0.5) is 20.6 Å². The quantitative estimate of drug-likeness (QED) is 0.259. The summed E-state index contributed by atoms with van der Waals surface area (Å²) in [5.74, 6) is -0.0741. The smallest absolute Gasteiger partial charge is 0.415 e. The molecule has 0 bridgehead atoms. The number of nitrogens with one attached hydrogen (secondary N) is 1. The van der Waals surface area contributed by atoms with E-state index in [1.54, 1.807) is 11.1 Å². The van der Waals surface area contributed by atoms with Gasteiger partial charge < -0.3 is 25.4 Å². The molecule has 0 saturated carbocycles. The lowest BCUT2D eigenvalue weighted by Gasteiger charge is -2.33. The highest BCUT2D eigenvalue weighted by Crippen LogP contribution is 2.31. The monoisotopic (exact) mass is 560 g/mol. The Balaban J connectivity index is 1.50. The number of benzene rings is 2. The first kappa shape index (κ1) is 27.5.